The van der Waals surface area contributed by atoms with Gasteiger partial charge in [-0.15, -0.1) is 0 Å². The highest BCUT2D eigenvalue weighted by Crippen LogP contribution is 2.47. The summed E-state index contributed by atoms with van der Waals surface area (Å²) in [5, 5.41) is 4.29. The van der Waals surface area contributed by atoms with Gasteiger partial charge in [-0.2, -0.15) is 0 Å². The Labute approximate surface area is 247 Å². The lowest BCUT2D eigenvalue weighted by Crippen LogP contribution is -2.15. The molecule has 41 heavy (non-hydrogen) atoms. The molecular weight excluding hydrogens is 538 g/mol. The summed E-state index contributed by atoms with van der Waals surface area (Å²) < 4.78 is 13.6. The Morgan fingerprint density at radius 1 is 0.732 bits per heavy atom. The van der Waals surface area contributed by atoms with Gasteiger partial charge in [0.05, 0.1) is 0 Å². The molecule has 4 aromatic carbocycles. The number of rotatable bonds is 12. The third-order valence-corrected chi connectivity index (χ3v) is 10.1. The number of hydrogen-bond acceptors (Lipinski definition) is 2. The van der Waals surface area contributed by atoms with Crippen LogP contribution in [0.15, 0.2) is 164 Å². The summed E-state index contributed by atoms with van der Waals surface area (Å²) in [5.41, 5.74) is 3.42. The lowest BCUT2D eigenvalue weighted by atomic mass is 10.0. The van der Waals surface area contributed by atoms with Gasteiger partial charge < -0.3 is 9.05 Å². The molecule has 0 radical (unpaired) electrons. The van der Waals surface area contributed by atoms with Gasteiger partial charge >= 0.3 is 0 Å². The van der Waals surface area contributed by atoms with Crippen LogP contribution in [0.5, 0.6) is 5.75 Å². The molecule has 0 aliphatic heterocycles. The standard InChI is InChI=1S/C37H36O2P2/c1-6-16-32(8-3)38-41(36-20-14-11-15-21-36)37-27-31(30-24-22-29(5)23-25-30)26-33(28-37)39-40(34(9-4)17-7-2)35-18-12-10-13-19-35/h6-28H,2,4H2,1,3,5H3/b16-6-,32-8+,34-17+. The van der Waals surface area contributed by atoms with Crippen LogP contribution in [0.2, 0.25) is 0 Å². The van der Waals surface area contributed by atoms with Gasteiger partial charge in [0.25, 0.3) is 0 Å². The molecule has 0 aliphatic rings. The van der Waals surface area contributed by atoms with Crippen molar-refractivity contribution in [2.24, 2.45) is 0 Å². The lowest BCUT2D eigenvalue weighted by molar-refractivity contribution is 0.504. The van der Waals surface area contributed by atoms with Gasteiger partial charge in [0.2, 0.25) is 0 Å². The second kappa shape index (κ2) is 15.2. The van der Waals surface area contributed by atoms with E-state index in [0.717, 1.165) is 43.9 Å². The van der Waals surface area contributed by atoms with Crippen molar-refractivity contribution in [2.75, 3.05) is 0 Å². The SMILES string of the molecule is C=C/C=C(\C=C)P(Oc1cc(-c2ccc(C)cc2)cc(P(OC(/C=C\C)=C/C)c2ccccc2)c1)c1ccccc1. The first-order valence-electron chi connectivity index (χ1n) is 13.6. The molecule has 206 valence electrons. The molecule has 0 amide bonds. The summed E-state index contributed by atoms with van der Waals surface area (Å²) in [6.07, 6.45) is 11.6. The molecule has 0 aromatic heterocycles. The van der Waals surface area contributed by atoms with E-state index < -0.39 is 16.3 Å². The first-order chi connectivity index (χ1) is 20.1. The van der Waals surface area contributed by atoms with E-state index in [4.69, 9.17) is 9.05 Å². The van der Waals surface area contributed by atoms with Gasteiger partial charge in [0, 0.05) is 21.2 Å². The van der Waals surface area contributed by atoms with Crippen LogP contribution in [0.25, 0.3) is 11.1 Å². The molecule has 2 nitrogen and oxygen atoms in total. The predicted molar refractivity (Wildman–Crippen MR) is 181 cm³/mol. The Kier molecular flexibility index (Phi) is 11.1. The van der Waals surface area contributed by atoms with Crippen molar-refractivity contribution in [1.82, 2.24) is 0 Å². The third-order valence-electron chi connectivity index (χ3n) is 6.23. The third kappa shape index (κ3) is 8.05. The van der Waals surface area contributed by atoms with E-state index in [0.29, 0.717) is 0 Å². The fraction of sp³-hybridized carbons (Fsp3) is 0.0811. The highest BCUT2D eigenvalue weighted by atomic mass is 31.1. The van der Waals surface area contributed by atoms with Crippen LogP contribution in [0, 0.1) is 6.92 Å². The molecule has 0 N–H and O–H groups in total. The second-order valence-electron chi connectivity index (χ2n) is 9.25. The molecular formula is C37H36O2P2. The Bertz CT molecular complexity index is 1540. The van der Waals surface area contributed by atoms with E-state index >= 15 is 0 Å². The Morgan fingerprint density at radius 2 is 1.39 bits per heavy atom. The molecule has 0 heterocycles. The normalized spacial score (nSPS) is 13.4. The zero-order valence-electron chi connectivity index (χ0n) is 23.9. The van der Waals surface area contributed by atoms with Gasteiger partial charge in [-0.1, -0.05) is 128 Å². The zero-order valence-corrected chi connectivity index (χ0v) is 25.7. The average Bonchev–Trinajstić information content (AvgIpc) is 3.02. The van der Waals surface area contributed by atoms with Crippen LogP contribution in [-0.4, -0.2) is 0 Å². The Morgan fingerprint density at radius 3 is 1.98 bits per heavy atom. The summed E-state index contributed by atoms with van der Waals surface area (Å²) in [4.78, 5) is 0. The maximum absolute atomic E-state index is 6.90. The molecule has 0 spiro atoms. The van der Waals surface area contributed by atoms with E-state index in [1.54, 1.807) is 6.08 Å². The van der Waals surface area contributed by atoms with Crippen molar-refractivity contribution >= 4 is 32.2 Å². The van der Waals surface area contributed by atoms with Crippen molar-refractivity contribution in [3.05, 3.63) is 169 Å². The fourth-order valence-electron chi connectivity index (χ4n) is 4.20. The Balaban J connectivity index is 1.90. The molecule has 2 unspecified atom stereocenters. The topological polar surface area (TPSA) is 18.5 Å². The van der Waals surface area contributed by atoms with E-state index in [-0.39, 0.29) is 0 Å². The van der Waals surface area contributed by atoms with Gasteiger partial charge in [0.15, 0.2) is 16.3 Å². The summed E-state index contributed by atoms with van der Waals surface area (Å²) in [6.45, 7) is 14.1. The van der Waals surface area contributed by atoms with Crippen LogP contribution in [0.3, 0.4) is 0 Å². The molecule has 0 bridgehead atoms. The minimum absolute atomic E-state index is 0.782. The van der Waals surface area contributed by atoms with Gasteiger partial charge in [-0.05, 0) is 62.2 Å². The monoisotopic (exact) mass is 574 g/mol. The van der Waals surface area contributed by atoms with E-state index in [1.807, 2.05) is 68.5 Å². The number of aryl methyl sites for hydroxylation is 1. The molecule has 4 rings (SSSR count). The summed E-state index contributed by atoms with van der Waals surface area (Å²) in [6, 6.07) is 35.8. The van der Waals surface area contributed by atoms with Crippen LogP contribution in [0.1, 0.15) is 19.4 Å². The molecule has 4 aromatic rings. The minimum atomic E-state index is -1.18. The first kappa shape index (κ1) is 30.0. The summed E-state index contributed by atoms with van der Waals surface area (Å²) in [5.74, 6) is 1.62. The second-order valence-corrected chi connectivity index (χ2v) is 12.9. The Hall–Kier alpha value is -3.96. The minimum Gasteiger partial charge on any atom is -0.465 e. The van der Waals surface area contributed by atoms with Crippen LogP contribution < -0.4 is 20.4 Å². The molecule has 0 aliphatic carbocycles. The number of benzene rings is 4. The molecule has 0 fully saturated rings. The lowest BCUT2D eigenvalue weighted by Gasteiger charge is -2.24. The maximum Gasteiger partial charge on any atom is 0.150 e. The molecule has 0 saturated heterocycles. The van der Waals surface area contributed by atoms with E-state index in [9.17, 15) is 0 Å². The van der Waals surface area contributed by atoms with Gasteiger partial charge in [-0.3, -0.25) is 0 Å². The van der Waals surface area contributed by atoms with Crippen molar-refractivity contribution in [3.63, 3.8) is 0 Å². The van der Waals surface area contributed by atoms with Gasteiger partial charge in [-0.25, -0.2) is 0 Å². The largest absolute Gasteiger partial charge is 0.465 e. The van der Waals surface area contributed by atoms with Crippen molar-refractivity contribution in [2.45, 2.75) is 20.8 Å². The predicted octanol–water partition coefficient (Wildman–Crippen LogP) is 9.86. The summed E-state index contributed by atoms with van der Waals surface area (Å²) in [7, 11) is -2.37. The average molecular weight is 575 g/mol. The molecule has 2 atom stereocenters. The first-order valence-corrected chi connectivity index (χ1v) is 16.1. The van der Waals surface area contributed by atoms with Crippen LogP contribution in [0.4, 0.5) is 0 Å². The molecule has 4 heteroatoms. The number of allylic oxidation sites excluding steroid dienone is 7. The maximum atomic E-state index is 6.90. The fourth-order valence-corrected chi connectivity index (χ4v) is 7.70. The zero-order chi connectivity index (χ0) is 29.0. The quantitative estimate of drug-likeness (QED) is 0.0953. The molecule has 0 saturated carbocycles. The van der Waals surface area contributed by atoms with Crippen molar-refractivity contribution < 1.29 is 9.05 Å². The highest BCUT2D eigenvalue weighted by Gasteiger charge is 2.22. The van der Waals surface area contributed by atoms with Gasteiger partial charge in [0.1, 0.15) is 11.5 Å². The summed E-state index contributed by atoms with van der Waals surface area (Å²) >= 11 is 0. The number of hydrogen-bond donors (Lipinski definition) is 0. The van der Waals surface area contributed by atoms with E-state index in [2.05, 4.69) is 98.9 Å². The van der Waals surface area contributed by atoms with Crippen LogP contribution >= 0.6 is 16.3 Å². The van der Waals surface area contributed by atoms with Crippen molar-refractivity contribution in [1.29, 1.82) is 0 Å². The van der Waals surface area contributed by atoms with Crippen LogP contribution in [-0.2, 0) is 4.52 Å². The van der Waals surface area contributed by atoms with E-state index in [1.165, 1.54) is 5.56 Å². The smallest absolute Gasteiger partial charge is 0.150 e. The van der Waals surface area contributed by atoms with Crippen molar-refractivity contribution in [3.8, 4) is 16.9 Å². The highest BCUT2D eigenvalue weighted by molar-refractivity contribution is 7.68.